The topological polar surface area (TPSA) is 29.5 Å². The predicted octanol–water partition coefficient (Wildman–Crippen LogP) is 7.49. The molecule has 0 fully saturated rings. The quantitative estimate of drug-likeness (QED) is 0.303. The van der Waals surface area contributed by atoms with Gasteiger partial charge in [-0.25, -0.2) is 9.18 Å². The number of aryl methyl sites for hydroxylation is 2. The Morgan fingerprint density at radius 1 is 0.909 bits per heavy atom. The molecule has 0 aromatic heterocycles. The van der Waals surface area contributed by atoms with Gasteiger partial charge in [0.25, 0.3) is 0 Å². The van der Waals surface area contributed by atoms with E-state index in [-0.39, 0.29) is 17.2 Å². The highest BCUT2D eigenvalue weighted by Crippen LogP contribution is 2.54. The van der Waals surface area contributed by atoms with Crippen molar-refractivity contribution in [2.75, 3.05) is 12.0 Å². The van der Waals surface area contributed by atoms with E-state index in [2.05, 4.69) is 43.0 Å². The molecule has 0 aliphatic carbocycles. The van der Waals surface area contributed by atoms with Crippen LogP contribution >= 0.6 is 0 Å². The minimum Gasteiger partial charge on any atom is -0.465 e. The molecular formula is C29H26FNO2. The van der Waals surface area contributed by atoms with Gasteiger partial charge in [0.15, 0.2) is 0 Å². The number of hydrogen-bond acceptors (Lipinski definition) is 3. The van der Waals surface area contributed by atoms with Gasteiger partial charge in [0.05, 0.1) is 24.0 Å². The molecule has 3 nitrogen and oxygen atoms in total. The molecule has 0 bridgehead atoms. The summed E-state index contributed by atoms with van der Waals surface area (Å²) in [6.07, 6.45) is 0. The first-order valence-corrected chi connectivity index (χ1v) is 11.1. The molecule has 5 rings (SSSR count). The highest BCUT2D eigenvalue weighted by molar-refractivity contribution is 6.01. The van der Waals surface area contributed by atoms with Crippen molar-refractivity contribution in [3.63, 3.8) is 0 Å². The first-order chi connectivity index (χ1) is 15.7. The number of benzene rings is 4. The number of methoxy groups -OCH3 is 1. The van der Waals surface area contributed by atoms with Crippen molar-refractivity contribution < 1.29 is 13.9 Å². The van der Waals surface area contributed by atoms with E-state index in [4.69, 9.17) is 4.74 Å². The summed E-state index contributed by atoms with van der Waals surface area (Å²) in [6.45, 7) is 8.08. The summed E-state index contributed by atoms with van der Waals surface area (Å²) in [6, 6.07) is 22.1. The summed E-state index contributed by atoms with van der Waals surface area (Å²) >= 11 is 0. The highest BCUT2D eigenvalue weighted by Gasteiger charge is 2.38. The van der Waals surface area contributed by atoms with Gasteiger partial charge in [-0.1, -0.05) is 44.2 Å². The Morgan fingerprint density at radius 2 is 1.61 bits per heavy atom. The molecule has 4 heteroatoms. The van der Waals surface area contributed by atoms with Gasteiger partial charge >= 0.3 is 5.97 Å². The van der Waals surface area contributed by atoms with Gasteiger partial charge in [0.2, 0.25) is 0 Å². The molecule has 0 radical (unpaired) electrons. The molecule has 1 heterocycles. The zero-order valence-electron chi connectivity index (χ0n) is 19.5. The van der Waals surface area contributed by atoms with E-state index in [9.17, 15) is 9.18 Å². The van der Waals surface area contributed by atoms with Gasteiger partial charge in [0.1, 0.15) is 5.82 Å². The number of esters is 1. The summed E-state index contributed by atoms with van der Waals surface area (Å²) < 4.78 is 19.4. The molecule has 1 aliphatic heterocycles. The largest absolute Gasteiger partial charge is 0.465 e. The lowest BCUT2D eigenvalue weighted by atomic mass is 9.71. The van der Waals surface area contributed by atoms with Crippen molar-refractivity contribution in [2.45, 2.75) is 33.1 Å². The maximum absolute atomic E-state index is 14.5. The number of ether oxygens (including phenoxy) is 1. The van der Waals surface area contributed by atoms with E-state index in [1.54, 1.807) is 13.8 Å². The van der Waals surface area contributed by atoms with Crippen LogP contribution < -0.4 is 4.90 Å². The maximum Gasteiger partial charge on any atom is 0.337 e. The van der Waals surface area contributed by atoms with Gasteiger partial charge in [-0.3, -0.25) is 0 Å². The zero-order chi connectivity index (χ0) is 23.5. The number of nitrogens with zero attached hydrogens (tertiary/aromatic N) is 1. The van der Waals surface area contributed by atoms with E-state index in [1.165, 1.54) is 18.2 Å². The Hall–Kier alpha value is -3.66. The second-order valence-electron chi connectivity index (χ2n) is 9.26. The minimum absolute atomic E-state index is 0.168. The fourth-order valence-corrected chi connectivity index (χ4v) is 5.20. The van der Waals surface area contributed by atoms with Gasteiger partial charge in [0, 0.05) is 11.1 Å². The van der Waals surface area contributed by atoms with E-state index in [1.807, 2.05) is 42.5 Å². The van der Waals surface area contributed by atoms with Crippen molar-refractivity contribution in [2.24, 2.45) is 0 Å². The average Bonchev–Trinajstić information content (AvgIpc) is 2.81. The standard InChI is InChI=1S/C29H26FNO2/c1-17-14-21(15-18(2)27(17)30)31-24-9-7-6-8-23(24)29(3,4)26-22-12-10-20(28(32)33-5)16-19(22)11-13-25(26)31/h6-16H,1-5H3. The molecule has 0 saturated heterocycles. The lowest BCUT2D eigenvalue weighted by Gasteiger charge is -2.43. The molecule has 33 heavy (non-hydrogen) atoms. The first-order valence-electron chi connectivity index (χ1n) is 11.1. The second-order valence-corrected chi connectivity index (χ2v) is 9.26. The van der Waals surface area contributed by atoms with Crippen LogP contribution in [-0.4, -0.2) is 13.1 Å². The molecule has 0 amide bonds. The number of halogens is 1. The number of carbonyl (C=O) groups is 1. The van der Waals surface area contributed by atoms with Crippen LogP contribution in [0.5, 0.6) is 0 Å². The monoisotopic (exact) mass is 439 g/mol. The van der Waals surface area contributed by atoms with E-state index < -0.39 is 0 Å². The number of carbonyl (C=O) groups excluding carboxylic acids is 1. The summed E-state index contributed by atoms with van der Waals surface area (Å²) in [5, 5.41) is 2.07. The van der Waals surface area contributed by atoms with E-state index >= 15 is 0 Å². The number of fused-ring (bicyclic) bond motifs is 4. The number of anilines is 3. The van der Waals surface area contributed by atoms with Gasteiger partial charge < -0.3 is 9.64 Å². The predicted molar refractivity (Wildman–Crippen MR) is 132 cm³/mol. The summed E-state index contributed by atoms with van der Waals surface area (Å²) in [5.41, 5.74) is 6.94. The van der Waals surface area contributed by atoms with Crippen molar-refractivity contribution in [3.8, 4) is 0 Å². The van der Waals surface area contributed by atoms with Crippen molar-refractivity contribution >= 4 is 33.8 Å². The molecule has 4 aromatic carbocycles. The Kier molecular flexibility index (Phi) is 4.78. The van der Waals surface area contributed by atoms with Gasteiger partial charge in [-0.15, -0.1) is 0 Å². The first kappa shape index (κ1) is 21.2. The Bertz CT molecular complexity index is 1410. The normalized spacial score (nSPS) is 14.1. The van der Waals surface area contributed by atoms with Crippen LogP contribution in [0.25, 0.3) is 10.8 Å². The maximum atomic E-state index is 14.5. The molecule has 1 aliphatic rings. The molecule has 166 valence electrons. The minimum atomic E-state index is -0.349. The van der Waals surface area contributed by atoms with Crippen LogP contribution in [0.15, 0.2) is 66.7 Å². The lowest BCUT2D eigenvalue weighted by Crippen LogP contribution is -2.31. The third-order valence-corrected chi connectivity index (χ3v) is 6.78. The molecular weight excluding hydrogens is 413 g/mol. The third kappa shape index (κ3) is 3.12. The fourth-order valence-electron chi connectivity index (χ4n) is 5.20. The average molecular weight is 440 g/mol. The number of para-hydroxylation sites is 1. The SMILES string of the molecule is COC(=O)c1ccc2c3c(ccc2c1)N(c1cc(C)c(F)c(C)c1)c1ccccc1C3(C)C. The van der Waals surface area contributed by atoms with Crippen LogP contribution in [0.4, 0.5) is 21.5 Å². The van der Waals surface area contributed by atoms with E-state index in [0.717, 1.165) is 27.8 Å². The smallest absolute Gasteiger partial charge is 0.337 e. The lowest BCUT2D eigenvalue weighted by molar-refractivity contribution is 0.0601. The molecule has 0 atom stereocenters. The van der Waals surface area contributed by atoms with Gasteiger partial charge in [-0.2, -0.15) is 0 Å². The molecule has 0 N–H and O–H groups in total. The third-order valence-electron chi connectivity index (χ3n) is 6.78. The summed E-state index contributed by atoms with van der Waals surface area (Å²) in [7, 11) is 1.39. The summed E-state index contributed by atoms with van der Waals surface area (Å²) in [5.74, 6) is -0.517. The number of rotatable bonds is 2. The summed E-state index contributed by atoms with van der Waals surface area (Å²) in [4.78, 5) is 14.3. The van der Waals surface area contributed by atoms with Crippen LogP contribution in [0.1, 0.15) is 46.5 Å². The number of hydrogen-bond donors (Lipinski definition) is 0. The van der Waals surface area contributed by atoms with Crippen molar-refractivity contribution in [1.82, 2.24) is 0 Å². The zero-order valence-corrected chi connectivity index (χ0v) is 19.5. The Balaban J connectivity index is 1.84. The van der Waals surface area contributed by atoms with Crippen LogP contribution in [0.3, 0.4) is 0 Å². The van der Waals surface area contributed by atoms with Crippen LogP contribution in [0.2, 0.25) is 0 Å². The molecule has 4 aromatic rings. The van der Waals surface area contributed by atoms with Crippen LogP contribution in [0, 0.1) is 19.7 Å². The van der Waals surface area contributed by atoms with E-state index in [0.29, 0.717) is 16.7 Å². The van der Waals surface area contributed by atoms with Crippen LogP contribution in [-0.2, 0) is 10.2 Å². The highest BCUT2D eigenvalue weighted by atomic mass is 19.1. The molecule has 0 saturated carbocycles. The Morgan fingerprint density at radius 3 is 2.30 bits per heavy atom. The molecule has 0 spiro atoms. The molecule has 0 unspecified atom stereocenters. The Labute approximate surface area is 193 Å². The van der Waals surface area contributed by atoms with Crippen molar-refractivity contribution in [3.05, 3.63) is 100 Å². The fraction of sp³-hybridized carbons (Fsp3) is 0.207. The second kappa shape index (κ2) is 7.45. The van der Waals surface area contributed by atoms with Crippen molar-refractivity contribution in [1.29, 1.82) is 0 Å². The van der Waals surface area contributed by atoms with Gasteiger partial charge in [-0.05, 0) is 83.3 Å².